The SMILES string of the molecule is Cc1cc(C)cc(OCC(=O)Oc2ccc3c(c2)OC(N)=C(C#N)C3c2cccc(OCc3ccccc3)c2)c1. The molecule has 1 aliphatic heterocycles. The minimum atomic E-state index is -0.559. The molecule has 0 radical (unpaired) electrons. The Balaban J connectivity index is 1.34. The Morgan fingerprint density at radius 1 is 0.875 bits per heavy atom. The summed E-state index contributed by atoms with van der Waals surface area (Å²) in [5.74, 6) is 0.903. The predicted octanol–water partition coefficient (Wildman–Crippen LogP) is 6.09. The number of hydrogen-bond acceptors (Lipinski definition) is 7. The van der Waals surface area contributed by atoms with Crippen molar-refractivity contribution in [2.24, 2.45) is 5.73 Å². The highest BCUT2D eigenvalue weighted by Crippen LogP contribution is 2.44. The number of nitrogens with two attached hydrogens (primary N) is 1. The molecule has 0 saturated carbocycles. The van der Waals surface area contributed by atoms with E-state index in [4.69, 9.17) is 24.7 Å². The van der Waals surface area contributed by atoms with Crippen LogP contribution in [0.25, 0.3) is 0 Å². The summed E-state index contributed by atoms with van der Waals surface area (Å²) in [6.45, 7) is 4.09. The number of carbonyl (C=O) groups is 1. The van der Waals surface area contributed by atoms with Gasteiger partial charge in [0.25, 0.3) is 0 Å². The molecule has 1 aliphatic rings. The molecule has 0 bridgehead atoms. The Kier molecular flexibility index (Phi) is 7.70. The summed E-state index contributed by atoms with van der Waals surface area (Å²) < 4.78 is 22.9. The summed E-state index contributed by atoms with van der Waals surface area (Å²) in [4.78, 5) is 12.5. The van der Waals surface area contributed by atoms with Crippen LogP contribution >= 0.6 is 0 Å². The second-order valence-electron chi connectivity index (χ2n) is 9.56. The number of esters is 1. The maximum Gasteiger partial charge on any atom is 0.349 e. The summed E-state index contributed by atoms with van der Waals surface area (Å²) in [5.41, 5.74) is 11.1. The van der Waals surface area contributed by atoms with E-state index >= 15 is 0 Å². The van der Waals surface area contributed by atoms with Crippen molar-refractivity contribution < 1.29 is 23.7 Å². The van der Waals surface area contributed by atoms with Gasteiger partial charge in [-0.15, -0.1) is 0 Å². The number of benzene rings is 4. The number of nitrogens with zero attached hydrogens (tertiary/aromatic N) is 1. The van der Waals surface area contributed by atoms with Crippen LogP contribution in [0.4, 0.5) is 0 Å². The normalized spacial score (nSPS) is 14.0. The highest BCUT2D eigenvalue weighted by molar-refractivity contribution is 5.74. The lowest BCUT2D eigenvalue weighted by atomic mass is 9.83. The number of aryl methyl sites for hydroxylation is 2. The number of fused-ring (bicyclic) bond motifs is 1. The third-order valence-corrected chi connectivity index (χ3v) is 6.41. The molecule has 200 valence electrons. The van der Waals surface area contributed by atoms with E-state index in [2.05, 4.69) is 6.07 Å². The molecule has 1 unspecified atom stereocenters. The smallest absolute Gasteiger partial charge is 0.349 e. The first-order chi connectivity index (χ1) is 19.4. The molecule has 7 heteroatoms. The third-order valence-electron chi connectivity index (χ3n) is 6.41. The average Bonchev–Trinajstić information content (AvgIpc) is 2.94. The predicted molar refractivity (Wildman–Crippen MR) is 150 cm³/mol. The second-order valence-corrected chi connectivity index (χ2v) is 9.56. The van der Waals surface area contributed by atoms with Crippen LogP contribution in [0.1, 0.15) is 33.7 Å². The fraction of sp³-hybridized carbons (Fsp3) is 0.152. The summed E-state index contributed by atoms with van der Waals surface area (Å²) in [5, 5.41) is 9.92. The molecule has 7 nitrogen and oxygen atoms in total. The largest absolute Gasteiger partial charge is 0.489 e. The third kappa shape index (κ3) is 6.08. The van der Waals surface area contributed by atoms with Gasteiger partial charge in [-0.05, 0) is 66.4 Å². The first-order valence-electron chi connectivity index (χ1n) is 12.8. The van der Waals surface area contributed by atoms with Crippen molar-refractivity contribution >= 4 is 5.97 Å². The fourth-order valence-electron chi connectivity index (χ4n) is 4.69. The van der Waals surface area contributed by atoms with Gasteiger partial charge in [0.2, 0.25) is 5.88 Å². The van der Waals surface area contributed by atoms with Gasteiger partial charge in [-0.25, -0.2) is 4.79 Å². The lowest BCUT2D eigenvalue weighted by Gasteiger charge is -2.27. The Labute approximate surface area is 233 Å². The standard InChI is InChI=1S/C33H28N2O5/c1-21-13-22(2)15-27(14-21)38-20-31(36)39-26-11-12-28-30(17-26)40-33(35)29(18-34)32(28)24-9-6-10-25(16-24)37-19-23-7-4-3-5-8-23/h3-17,32H,19-20,35H2,1-2H3. The van der Waals surface area contributed by atoms with Crippen LogP contribution in [-0.4, -0.2) is 12.6 Å². The van der Waals surface area contributed by atoms with Gasteiger partial charge in [-0.2, -0.15) is 5.26 Å². The number of allylic oxidation sites excluding steroid dienone is 1. The van der Waals surface area contributed by atoms with Gasteiger partial charge < -0.3 is 24.7 Å². The monoisotopic (exact) mass is 532 g/mol. The minimum Gasteiger partial charge on any atom is -0.489 e. The van der Waals surface area contributed by atoms with Crippen LogP contribution in [-0.2, 0) is 11.4 Å². The zero-order chi connectivity index (χ0) is 28.1. The van der Waals surface area contributed by atoms with E-state index in [1.807, 2.05) is 86.6 Å². The van der Waals surface area contributed by atoms with Gasteiger partial charge in [-0.3, -0.25) is 0 Å². The van der Waals surface area contributed by atoms with Crippen LogP contribution in [0, 0.1) is 25.2 Å². The average molecular weight is 533 g/mol. The van der Waals surface area contributed by atoms with E-state index < -0.39 is 11.9 Å². The highest BCUT2D eigenvalue weighted by Gasteiger charge is 2.31. The Morgan fingerprint density at radius 2 is 1.65 bits per heavy atom. The highest BCUT2D eigenvalue weighted by atomic mass is 16.6. The van der Waals surface area contributed by atoms with E-state index in [1.165, 1.54) is 0 Å². The topological polar surface area (TPSA) is 104 Å². The zero-order valence-electron chi connectivity index (χ0n) is 22.2. The maximum atomic E-state index is 12.5. The van der Waals surface area contributed by atoms with Crippen LogP contribution in [0.5, 0.6) is 23.0 Å². The van der Waals surface area contributed by atoms with Crippen molar-refractivity contribution in [1.29, 1.82) is 5.26 Å². The molecule has 40 heavy (non-hydrogen) atoms. The quantitative estimate of drug-likeness (QED) is 0.216. The zero-order valence-corrected chi connectivity index (χ0v) is 22.2. The van der Waals surface area contributed by atoms with Gasteiger partial charge in [0.05, 0.1) is 5.92 Å². The van der Waals surface area contributed by atoms with Crippen molar-refractivity contribution in [3.8, 4) is 29.1 Å². The number of nitriles is 1. The summed E-state index contributed by atoms with van der Waals surface area (Å²) in [6.07, 6.45) is 0. The molecule has 4 aromatic rings. The lowest BCUT2D eigenvalue weighted by Crippen LogP contribution is -2.21. The Bertz CT molecular complexity index is 1600. The van der Waals surface area contributed by atoms with Crippen molar-refractivity contribution in [2.75, 3.05) is 6.61 Å². The molecular formula is C33H28N2O5. The lowest BCUT2D eigenvalue weighted by molar-refractivity contribution is -0.136. The first kappa shape index (κ1) is 26.4. The molecule has 0 aliphatic carbocycles. The Hall–Kier alpha value is -5.22. The van der Waals surface area contributed by atoms with Crippen LogP contribution in [0.15, 0.2) is 102 Å². The number of hydrogen-bond donors (Lipinski definition) is 1. The molecule has 5 rings (SSSR count). The molecule has 4 aromatic carbocycles. The van der Waals surface area contributed by atoms with Crippen LogP contribution < -0.4 is 24.7 Å². The van der Waals surface area contributed by atoms with Crippen molar-refractivity contribution in [1.82, 2.24) is 0 Å². The summed E-state index contributed by atoms with van der Waals surface area (Å²) in [6, 6.07) is 30.4. The van der Waals surface area contributed by atoms with E-state index in [0.717, 1.165) is 27.8 Å². The first-order valence-corrected chi connectivity index (χ1v) is 12.8. The van der Waals surface area contributed by atoms with Gasteiger partial charge in [0.15, 0.2) is 6.61 Å². The molecule has 0 saturated heterocycles. The van der Waals surface area contributed by atoms with Crippen molar-refractivity contribution in [3.05, 3.63) is 130 Å². The van der Waals surface area contributed by atoms with E-state index in [1.54, 1.807) is 18.2 Å². The van der Waals surface area contributed by atoms with Gasteiger partial charge in [0, 0.05) is 11.6 Å². The van der Waals surface area contributed by atoms with Crippen LogP contribution in [0.3, 0.4) is 0 Å². The van der Waals surface area contributed by atoms with E-state index in [9.17, 15) is 10.1 Å². The summed E-state index contributed by atoms with van der Waals surface area (Å²) >= 11 is 0. The molecule has 0 fully saturated rings. The Morgan fingerprint density at radius 3 is 2.40 bits per heavy atom. The number of ether oxygens (including phenoxy) is 4. The van der Waals surface area contributed by atoms with Crippen molar-refractivity contribution in [3.63, 3.8) is 0 Å². The molecule has 0 aromatic heterocycles. The van der Waals surface area contributed by atoms with Gasteiger partial charge >= 0.3 is 5.97 Å². The number of carbonyl (C=O) groups excluding carboxylic acids is 1. The minimum absolute atomic E-state index is 0.00256. The molecule has 1 heterocycles. The maximum absolute atomic E-state index is 12.5. The van der Waals surface area contributed by atoms with E-state index in [-0.39, 0.29) is 18.2 Å². The molecular weight excluding hydrogens is 504 g/mol. The van der Waals surface area contributed by atoms with Gasteiger partial charge in [0.1, 0.15) is 41.2 Å². The summed E-state index contributed by atoms with van der Waals surface area (Å²) in [7, 11) is 0. The number of rotatable bonds is 8. The van der Waals surface area contributed by atoms with Crippen molar-refractivity contribution in [2.45, 2.75) is 26.4 Å². The van der Waals surface area contributed by atoms with E-state index in [0.29, 0.717) is 29.4 Å². The fourth-order valence-corrected chi connectivity index (χ4v) is 4.69. The molecule has 1 atom stereocenters. The molecule has 0 spiro atoms. The second kappa shape index (κ2) is 11.7. The van der Waals surface area contributed by atoms with Crippen LogP contribution in [0.2, 0.25) is 0 Å². The van der Waals surface area contributed by atoms with Gasteiger partial charge in [-0.1, -0.05) is 54.6 Å². The molecule has 0 amide bonds. The molecule has 2 N–H and O–H groups in total.